The van der Waals surface area contributed by atoms with Gasteiger partial charge in [0.05, 0.1) is 6.33 Å². The SMILES string of the molecule is N/C(CCN(c1ccccc1)c1ncnc2nc[nH]c12)=N\O. The first kappa shape index (κ1) is 13.8. The van der Waals surface area contributed by atoms with Crippen molar-refractivity contribution in [3.05, 3.63) is 43.0 Å². The van der Waals surface area contributed by atoms with E-state index >= 15 is 0 Å². The standard InChI is InChI=1S/C14H15N7O/c15-11(20-22)6-7-21(10-4-2-1-3-5-10)14-12-13(17-8-16-12)18-9-19-14/h1-5,8-9,22H,6-7H2,(H2,15,20)(H,16,17,18,19). The number of nitrogens with one attached hydrogen (secondary N) is 1. The van der Waals surface area contributed by atoms with Crippen LogP contribution in [0.1, 0.15) is 6.42 Å². The van der Waals surface area contributed by atoms with Crippen LogP contribution >= 0.6 is 0 Å². The van der Waals surface area contributed by atoms with E-state index in [-0.39, 0.29) is 5.84 Å². The summed E-state index contributed by atoms with van der Waals surface area (Å²) in [6.07, 6.45) is 3.44. The molecule has 3 rings (SSSR count). The Bertz CT molecular complexity index is 784. The third-order valence-corrected chi connectivity index (χ3v) is 3.25. The number of hydrogen-bond donors (Lipinski definition) is 3. The molecule has 0 radical (unpaired) electrons. The lowest BCUT2D eigenvalue weighted by atomic mass is 10.2. The topological polar surface area (TPSA) is 116 Å². The first-order valence-corrected chi connectivity index (χ1v) is 6.72. The summed E-state index contributed by atoms with van der Waals surface area (Å²) in [5, 5.41) is 11.7. The number of fused-ring (bicyclic) bond motifs is 1. The molecule has 0 saturated carbocycles. The van der Waals surface area contributed by atoms with Gasteiger partial charge in [0, 0.05) is 18.7 Å². The van der Waals surface area contributed by atoms with Crippen LogP contribution in [0.25, 0.3) is 11.2 Å². The van der Waals surface area contributed by atoms with Gasteiger partial charge in [-0.05, 0) is 12.1 Å². The molecule has 112 valence electrons. The number of aromatic nitrogens is 4. The molecular formula is C14H15N7O. The Morgan fingerprint density at radius 2 is 2.05 bits per heavy atom. The summed E-state index contributed by atoms with van der Waals surface area (Å²) in [6.45, 7) is 0.505. The number of oxime groups is 1. The van der Waals surface area contributed by atoms with E-state index < -0.39 is 0 Å². The first-order valence-electron chi connectivity index (χ1n) is 6.72. The summed E-state index contributed by atoms with van der Waals surface area (Å²) in [6, 6.07) is 9.76. The average Bonchev–Trinajstić information content (AvgIpc) is 3.05. The second-order valence-electron chi connectivity index (χ2n) is 4.63. The van der Waals surface area contributed by atoms with Crippen LogP contribution in [0.4, 0.5) is 11.5 Å². The zero-order chi connectivity index (χ0) is 15.4. The maximum atomic E-state index is 8.73. The van der Waals surface area contributed by atoms with Gasteiger partial charge in [-0.1, -0.05) is 23.4 Å². The molecule has 3 aromatic rings. The summed E-state index contributed by atoms with van der Waals surface area (Å²) in [7, 11) is 0. The summed E-state index contributed by atoms with van der Waals surface area (Å²) < 4.78 is 0. The van der Waals surface area contributed by atoms with Gasteiger partial charge in [-0.25, -0.2) is 15.0 Å². The van der Waals surface area contributed by atoms with Crippen LogP contribution in [0.3, 0.4) is 0 Å². The highest BCUT2D eigenvalue weighted by Gasteiger charge is 2.16. The largest absolute Gasteiger partial charge is 0.409 e. The van der Waals surface area contributed by atoms with Crippen LogP contribution in [-0.2, 0) is 0 Å². The summed E-state index contributed by atoms with van der Waals surface area (Å²) in [5.41, 5.74) is 7.87. The Kier molecular flexibility index (Phi) is 3.82. The van der Waals surface area contributed by atoms with Crippen molar-refractivity contribution in [3.8, 4) is 0 Å². The van der Waals surface area contributed by atoms with Crippen LogP contribution in [0.2, 0.25) is 0 Å². The maximum Gasteiger partial charge on any atom is 0.182 e. The molecule has 8 heteroatoms. The minimum Gasteiger partial charge on any atom is -0.409 e. The number of rotatable bonds is 5. The monoisotopic (exact) mass is 297 g/mol. The molecule has 0 bridgehead atoms. The second kappa shape index (κ2) is 6.08. The lowest BCUT2D eigenvalue weighted by Crippen LogP contribution is -2.25. The number of imidazole rings is 1. The van der Waals surface area contributed by atoms with E-state index in [4.69, 9.17) is 10.9 Å². The molecule has 2 heterocycles. The van der Waals surface area contributed by atoms with Crippen molar-refractivity contribution >= 4 is 28.5 Å². The molecule has 0 amide bonds. The van der Waals surface area contributed by atoms with Gasteiger partial charge in [0.15, 0.2) is 11.5 Å². The minimum absolute atomic E-state index is 0.163. The van der Waals surface area contributed by atoms with Crippen molar-refractivity contribution < 1.29 is 5.21 Å². The normalized spacial score (nSPS) is 11.7. The van der Waals surface area contributed by atoms with Gasteiger partial charge in [-0.2, -0.15) is 0 Å². The van der Waals surface area contributed by atoms with Gasteiger partial charge in [0.25, 0.3) is 0 Å². The van der Waals surface area contributed by atoms with Gasteiger partial charge < -0.3 is 20.8 Å². The number of anilines is 2. The van der Waals surface area contributed by atoms with Gasteiger partial charge >= 0.3 is 0 Å². The van der Waals surface area contributed by atoms with Crippen molar-refractivity contribution in [1.29, 1.82) is 0 Å². The second-order valence-corrected chi connectivity index (χ2v) is 4.63. The molecule has 4 N–H and O–H groups in total. The summed E-state index contributed by atoms with van der Waals surface area (Å²) in [5.74, 6) is 0.857. The number of nitrogens with zero attached hydrogens (tertiary/aromatic N) is 5. The van der Waals surface area contributed by atoms with Crippen LogP contribution in [0.5, 0.6) is 0 Å². The summed E-state index contributed by atoms with van der Waals surface area (Å²) >= 11 is 0. The molecule has 0 atom stereocenters. The fourth-order valence-corrected chi connectivity index (χ4v) is 2.20. The highest BCUT2D eigenvalue weighted by Crippen LogP contribution is 2.27. The third kappa shape index (κ3) is 2.66. The Labute approximate surface area is 126 Å². The number of aromatic amines is 1. The molecule has 1 aromatic carbocycles. The smallest absolute Gasteiger partial charge is 0.182 e. The van der Waals surface area contributed by atoms with E-state index in [0.717, 1.165) is 11.2 Å². The van der Waals surface area contributed by atoms with E-state index in [1.165, 1.54) is 6.33 Å². The Balaban J connectivity index is 2.03. The molecule has 8 nitrogen and oxygen atoms in total. The number of hydrogen-bond acceptors (Lipinski definition) is 6. The Morgan fingerprint density at radius 1 is 1.23 bits per heavy atom. The van der Waals surface area contributed by atoms with Crippen molar-refractivity contribution in [2.45, 2.75) is 6.42 Å². The molecule has 0 aliphatic heterocycles. The number of amidine groups is 1. The minimum atomic E-state index is 0.163. The Hall–Kier alpha value is -3.16. The molecule has 0 aliphatic carbocycles. The number of nitrogens with two attached hydrogens (primary N) is 1. The predicted molar refractivity (Wildman–Crippen MR) is 83.2 cm³/mol. The fraction of sp³-hybridized carbons (Fsp3) is 0.143. The van der Waals surface area contributed by atoms with Gasteiger partial charge in [-0.15, -0.1) is 0 Å². The number of para-hydroxylation sites is 1. The van der Waals surface area contributed by atoms with Gasteiger partial charge in [0.1, 0.15) is 17.7 Å². The predicted octanol–water partition coefficient (Wildman–Crippen LogP) is 1.63. The van der Waals surface area contributed by atoms with E-state index in [1.807, 2.05) is 35.2 Å². The van der Waals surface area contributed by atoms with Crippen LogP contribution in [0, 0.1) is 0 Å². The maximum absolute atomic E-state index is 8.73. The lowest BCUT2D eigenvalue weighted by Gasteiger charge is -2.23. The van der Waals surface area contributed by atoms with Crippen LogP contribution < -0.4 is 10.6 Å². The van der Waals surface area contributed by atoms with Crippen LogP contribution in [0.15, 0.2) is 48.1 Å². The molecule has 0 spiro atoms. The van der Waals surface area contributed by atoms with Crippen LogP contribution in [-0.4, -0.2) is 37.5 Å². The van der Waals surface area contributed by atoms with E-state index in [9.17, 15) is 0 Å². The van der Waals surface area contributed by atoms with E-state index in [0.29, 0.717) is 24.4 Å². The Morgan fingerprint density at radius 3 is 2.82 bits per heavy atom. The van der Waals surface area contributed by atoms with Crippen molar-refractivity contribution in [2.24, 2.45) is 10.9 Å². The first-order chi connectivity index (χ1) is 10.8. The van der Waals surface area contributed by atoms with Gasteiger partial charge in [0.2, 0.25) is 0 Å². The lowest BCUT2D eigenvalue weighted by molar-refractivity contribution is 0.317. The molecular weight excluding hydrogens is 282 g/mol. The number of benzene rings is 1. The molecule has 22 heavy (non-hydrogen) atoms. The van der Waals surface area contributed by atoms with E-state index in [2.05, 4.69) is 25.1 Å². The average molecular weight is 297 g/mol. The van der Waals surface area contributed by atoms with Crippen molar-refractivity contribution in [3.63, 3.8) is 0 Å². The molecule has 0 saturated heterocycles. The fourth-order valence-electron chi connectivity index (χ4n) is 2.20. The van der Waals surface area contributed by atoms with Crippen molar-refractivity contribution in [2.75, 3.05) is 11.4 Å². The van der Waals surface area contributed by atoms with E-state index in [1.54, 1.807) is 6.33 Å². The number of H-pyrrole nitrogens is 1. The molecule has 0 aliphatic rings. The highest BCUT2D eigenvalue weighted by molar-refractivity contribution is 5.86. The highest BCUT2D eigenvalue weighted by atomic mass is 16.4. The molecule has 0 unspecified atom stereocenters. The zero-order valence-corrected chi connectivity index (χ0v) is 11.7. The summed E-state index contributed by atoms with van der Waals surface area (Å²) in [4.78, 5) is 17.6. The quantitative estimate of drug-likeness (QED) is 0.285. The molecule has 2 aromatic heterocycles. The van der Waals surface area contributed by atoms with Crippen molar-refractivity contribution in [1.82, 2.24) is 19.9 Å². The van der Waals surface area contributed by atoms with Gasteiger partial charge in [-0.3, -0.25) is 0 Å². The third-order valence-electron chi connectivity index (χ3n) is 3.25. The molecule has 0 fully saturated rings. The zero-order valence-electron chi connectivity index (χ0n) is 11.7.